The maximum Gasteiger partial charge on any atom is 0.0673 e. The van der Waals surface area contributed by atoms with Gasteiger partial charge in [-0.25, -0.2) is 0 Å². The number of nitrogens with zero attached hydrogens (tertiary/aromatic N) is 1. The third-order valence-corrected chi connectivity index (χ3v) is 4.30. The van der Waals surface area contributed by atoms with Gasteiger partial charge in [-0.3, -0.25) is 0 Å². The third-order valence-electron chi connectivity index (χ3n) is 4.30. The molecule has 0 aromatic carbocycles. The van der Waals surface area contributed by atoms with Gasteiger partial charge >= 0.3 is 0 Å². The van der Waals surface area contributed by atoms with E-state index in [1.807, 2.05) is 0 Å². The molecule has 1 saturated heterocycles. The van der Waals surface area contributed by atoms with Crippen molar-refractivity contribution in [3.05, 3.63) is 0 Å². The van der Waals surface area contributed by atoms with E-state index in [0.717, 1.165) is 32.0 Å². The molecule has 1 aliphatic heterocycles. The van der Waals surface area contributed by atoms with Crippen LogP contribution in [0, 0.1) is 11.3 Å². The van der Waals surface area contributed by atoms with Gasteiger partial charge in [-0.05, 0) is 57.0 Å². The summed E-state index contributed by atoms with van der Waals surface area (Å²) in [5.41, 5.74) is 6.14. The Morgan fingerprint density at radius 2 is 2.05 bits per heavy atom. The molecule has 0 aromatic rings. The molecule has 2 unspecified atom stereocenters. The van der Waals surface area contributed by atoms with Gasteiger partial charge in [0.1, 0.15) is 0 Å². The second-order valence-corrected chi connectivity index (χ2v) is 7.12. The Balaban J connectivity index is 2.30. The van der Waals surface area contributed by atoms with Crippen molar-refractivity contribution in [1.82, 2.24) is 4.90 Å². The van der Waals surface area contributed by atoms with E-state index < -0.39 is 0 Å². The molecule has 1 fully saturated rings. The summed E-state index contributed by atoms with van der Waals surface area (Å²) in [5.74, 6) is 0.748. The van der Waals surface area contributed by atoms with E-state index in [9.17, 15) is 0 Å². The van der Waals surface area contributed by atoms with Crippen LogP contribution < -0.4 is 5.73 Å². The van der Waals surface area contributed by atoms with Gasteiger partial charge in [0, 0.05) is 19.7 Å². The summed E-state index contributed by atoms with van der Waals surface area (Å²) < 4.78 is 5.70. The summed E-state index contributed by atoms with van der Waals surface area (Å²) in [5, 5.41) is 0. The van der Waals surface area contributed by atoms with E-state index in [4.69, 9.17) is 10.5 Å². The van der Waals surface area contributed by atoms with Crippen molar-refractivity contribution in [1.29, 1.82) is 0 Å². The van der Waals surface area contributed by atoms with Crippen molar-refractivity contribution >= 4 is 0 Å². The first-order chi connectivity index (χ1) is 8.93. The Hall–Kier alpha value is -0.120. The molecular formula is C16H34N2O. The average molecular weight is 270 g/mol. The third kappa shape index (κ3) is 6.73. The van der Waals surface area contributed by atoms with Crippen LogP contribution in [0.15, 0.2) is 0 Å². The molecule has 0 radical (unpaired) electrons. The Morgan fingerprint density at radius 3 is 2.68 bits per heavy atom. The molecule has 114 valence electrons. The van der Waals surface area contributed by atoms with Crippen LogP contribution in [-0.4, -0.2) is 43.8 Å². The predicted molar refractivity (Wildman–Crippen MR) is 82.3 cm³/mol. The van der Waals surface area contributed by atoms with Crippen LogP contribution in [0.4, 0.5) is 0 Å². The molecule has 0 bridgehead atoms. The van der Waals surface area contributed by atoms with Crippen LogP contribution in [0.5, 0.6) is 0 Å². The van der Waals surface area contributed by atoms with Crippen molar-refractivity contribution in [3.63, 3.8) is 0 Å². The van der Waals surface area contributed by atoms with Gasteiger partial charge in [0.05, 0.1) is 6.10 Å². The maximum absolute atomic E-state index is 5.75. The van der Waals surface area contributed by atoms with Crippen molar-refractivity contribution in [3.8, 4) is 0 Å². The van der Waals surface area contributed by atoms with E-state index in [0.29, 0.717) is 11.5 Å². The van der Waals surface area contributed by atoms with Crippen molar-refractivity contribution in [2.45, 2.75) is 59.5 Å². The lowest BCUT2D eigenvalue weighted by Gasteiger charge is -2.31. The van der Waals surface area contributed by atoms with Crippen LogP contribution in [-0.2, 0) is 4.74 Å². The van der Waals surface area contributed by atoms with Gasteiger partial charge in [0.15, 0.2) is 0 Å². The summed E-state index contributed by atoms with van der Waals surface area (Å²) in [7, 11) is 0. The molecule has 0 saturated carbocycles. The topological polar surface area (TPSA) is 38.5 Å². The van der Waals surface area contributed by atoms with Crippen molar-refractivity contribution < 1.29 is 4.74 Å². The summed E-state index contributed by atoms with van der Waals surface area (Å²) in [6.45, 7) is 14.5. The number of rotatable bonds is 6. The zero-order chi connectivity index (χ0) is 14.3. The Labute approximate surface area is 119 Å². The second kappa shape index (κ2) is 8.23. The molecule has 0 aromatic heterocycles. The largest absolute Gasteiger partial charge is 0.377 e. The second-order valence-electron chi connectivity index (χ2n) is 7.12. The molecule has 19 heavy (non-hydrogen) atoms. The smallest absolute Gasteiger partial charge is 0.0673 e. The monoisotopic (exact) mass is 270 g/mol. The molecule has 1 rings (SSSR count). The van der Waals surface area contributed by atoms with Gasteiger partial charge in [0.25, 0.3) is 0 Å². The minimum absolute atomic E-state index is 0.383. The highest BCUT2D eigenvalue weighted by Gasteiger charge is 2.23. The van der Waals surface area contributed by atoms with Gasteiger partial charge < -0.3 is 15.4 Å². The number of ether oxygens (including phenoxy) is 1. The summed E-state index contributed by atoms with van der Waals surface area (Å²) in [6.07, 6.45) is 5.31. The van der Waals surface area contributed by atoms with Crippen molar-refractivity contribution in [2.24, 2.45) is 17.1 Å². The lowest BCUT2D eigenvalue weighted by Crippen LogP contribution is -2.32. The molecule has 0 spiro atoms. The van der Waals surface area contributed by atoms with E-state index in [1.54, 1.807) is 0 Å². The van der Waals surface area contributed by atoms with Gasteiger partial charge in [-0.15, -0.1) is 0 Å². The first kappa shape index (κ1) is 16.9. The standard InChI is InChI=1S/C16H34N2O/c1-14-13-18(11-6-12-19-14)10-5-7-15(8-9-17)16(2,3)4/h14-15H,5-13,17H2,1-4H3. The summed E-state index contributed by atoms with van der Waals surface area (Å²) >= 11 is 0. The minimum atomic E-state index is 0.383. The zero-order valence-corrected chi connectivity index (χ0v) is 13.5. The average Bonchev–Trinajstić information content (AvgIpc) is 2.51. The highest BCUT2D eigenvalue weighted by Crippen LogP contribution is 2.32. The fourth-order valence-corrected chi connectivity index (χ4v) is 3.06. The minimum Gasteiger partial charge on any atom is -0.377 e. The molecule has 1 heterocycles. The molecule has 2 N–H and O–H groups in total. The highest BCUT2D eigenvalue weighted by atomic mass is 16.5. The summed E-state index contributed by atoms with van der Waals surface area (Å²) in [4.78, 5) is 2.57. The molecule has 2 atom stereocenters. The first-order valence-electron chi connectivity index (χ1n) is 7.97. The van der Waals surface area contributed by atoms with Crippen LogP contribution in [0.25, 0.3) is 0 Å². The molecule has 0 aliphatic carbocycles. The Kier molecular flexibility index (Phi) is 7.33. The van der Waals surface area contributed by atoms with E-state index in [2.05, 4.69) is 32.6 Å². The van der Waals surface area contributed by atoms with Crippen LogP contribution in [0.3, 0.4) is 0 Å². The van der Waals surface area contributed by atoms with Crippen LogP contribution in [0.2, 0.25) is 0 Å². The van der Waals surface area contributed by atoms with Crippen molar-refractivity contribution in [2.75, 3.05) is 32.8 Å². The number of hydrogen-bond donors (Lipinski definition) is 1. The molecule has 1 aliphatic rings. The fraction of sp³-hybridized carbons (Fsp3) is 1.00. The SMILES string of the molecule is CC1CN(CCCC(CCN)C(C)(C)C)CCCO1. The normalized spacial score (nSPS) is 24.2. The summed E-state index contributed by atoms with van der Waals surface area (Å²) in [6, 6.07) is 0. The van der Waals surface area contributed by atoms with Gasteiger partial charge in [-0.2, -0.15) is 0 Å². The highest BCUT2D eigenvalue weighted by molar-refractivity contribution is 4.75. The zero-order valence-electron chi connectivity index (χ0n) is 13.5. The molecule has 0 amide bonds. The lowest BCUT2D eigenvalue weighted by atomic mass is 9.76. The van der Waals surface area contributed by atoms with E-state index in [-0.39, 0.29) is 0 Å². The number of nitrogens with two attached hydrogens (primary N) is 1. The van der Waals surface area contributed by atoms with Gasteiger partial charge in [-0.1, -0.05) is 20.8 Å². The lowest BCUT2D eigenvalue weighted by molar-refractivity contribution is 0.0670. The van der Waals surface area contributed by atoms with E-state index in [1.165, 1.54) is 32.4 Å². The van der Waals surface area contributed by atoms with Crippen LogP contribution in [0.1, 0.15) is 53.4 Å². The van der Waals surface area contributed by atoms with Crippen LogP contribution >= 0.6 is 0 Å². The van der Waals surface area contributed by atoms with E-state index >= 15 is 0 Å². The molecule has 3 nitrogen and oxygen atoms in total. The Morgan fingerprint density at radius 1 is 1.32 bits per heavy atom. The van der Waals surface area contributed by atoms with Gasteiger partial charge in [0.2, 0.25) is 0 Å². The molecule has 3 heteroatoms. The first-order valence-corrected chi connectivity index (χ1v) is 7.97. The number of hydrogen-bond acceptors (Lipinski definition) is 3. The maximum atomic E-state index is 5.75. The fourth-order valence-electron chi connectivity index (χ4n) is 3.06. The predicted octanol–water partition coefficient (Wildman–Crippen LogP) is 2.89. The molecular weight excluding hydrogens is 236 g/mol. The quantitative estimate of drug-likeness (QED) is 0.806. The Bertz CT molecular complexity index is 237.